The van der Waals surface area contributed by atoms with Gasteiger partial charge < -0.3 is 14.8 Å². The lowest BCUT2D eigenvalue weighted by Crippen LogP contribution is -2.16. The lowest BCUT2D eigenvalue weighted by molar-refractivity contribution is -0.113. The molecule has 0 aliphatic carbocycles. The van der Waals surface area contributed by atoms with Crippen molar-refractivity contribution in [1.29, 1.82) is 0 Å². The molecule has 168 valence electrons. The molecule has 0 unspecified atom stereocenters. The molecule has 11 heteroatoms. The summed E-state index contributed by atoms with van der Waals surface area (Å²) < 4.78 is 49.8. The Balaban J connectivity index is 1.61. The molecule has 1 N–H and O–H groups in total. The maximum Gasteiger partial charge on any atom is 0.387 e. The molecule has 0 spiro atoms. The van der Waals surface area contributed by atoms with E-state index in [4.69, 9.17) is 4.74 Å². The molecule has 0 atom stereocenters. The molecular weight excluding hydrogens is 445 g/mol. The van der Waals surface area contributed by atoms with Gasteiger partial charge in [0.1, 0.15) is 23.9 Å². The number of amides is 1. The number of carbonyl (C=O) groups is 1. The average molecular weight is 464 g/mol. The molecule has 1 amide bonds. The van der Waals surface area contributed by atoms with E-state index >= 15 is 0 Å². The van der Waals surface area contributed by atoms with Crippen molar-refractivity contribution >= 4 is 23.4 Å². The molecule has 0 aliphatic rings. The first kappa shape index (κ1) is 23.2. The van der Waals surface area contributed by atoms with Gasteiger partial charge in [-0.25, -0.2) is 4.39 Å². The Morgan fingerprint density at radius 1 is 1.19 bits per heavy atom. The Morgan fingerprint density at radius 2 is 1.94 bits per heavy atom. The standard InChI is InChI=1S/C21H19F3N4O3S/c1-2-11-28-18(12-30-15-9-7-14(22)8-10-15)26-27-21(28)32-13-19(29)25-16-5-3-4-6-17(16)31-20(23)24/h2-10,20H,1,11-13H2,(H,25,29). The third-order valence-corrected chi connectivity index (χ3v) is 4.96. The van der Waals surface area contributed by atoms with Crippen LogP contribution in [-0.2, 0) is 17.9 Å². The number of para-hydroxylation sites is 2. The highest BCUT2D eigenvalue weighted by molar-refractivity contribution is 7.99. The fourth-order valence-corrected chi connectivity index (χ4v) is 3.38. The molecule has 0 fully saturated rings. The van der Waals surface area contributed by atoms with Crippen molar-refractivity contribution in [2.24, 2.45) is 0 Å². The van der Waals surface area contributed by atoms with Crippen LogP contribution in [0.2, 0.25) is 0 Å². The van der Waals surface area contributed by atoms with Gasteiger partial charge in [0.2, 0.25) is 5.91 Å². The highest BCUT2D eigenvalue weighted by Crippen LogP contribution is 2.26. The summed E-state index contributed by atoms with van der Waals surface area (Å²) in [5.74, 6) is -0.0106. The van der Waals surface area contributed by atoms with Crippen LogP contribution in [0, 0.1) is 5.82 Å². The normalized spacial score (nSPS) is 10.8. The van der Waals surface area contributed by atoms with E-state index < -0.39 is 12.5 Å². The van der Waals surface area contributed by atoms with Crippen LogP contribution in [0.25, 0.3) is 0 Å². The minimum atomic E-state index is -3.00. The quantitative estimate of drug-likeness (QED) is 0.332. The van der Waals surface area contributed by atoms with Gasteiger partial charge in [0.15, 0.2) is 11.0 Å². The first-order valence-electron chi connectivity index (χ1n) is 9.34. The molecule has 3 aromatic rings. The van der Waals surface area contributed by atoms with Crippen molar-refractivity contribution in [2.75, 3.05) is 11.1 Å². The summed E-state index contributed by atoms with van der Waals surface area (Å²) in [4.78, 5) is 12.3. The van der Waals surface area contributed by atoms with E-state index in [0.29, 0.717) is 23.3 Å². The fourth-order valence-electron chi connectivity index (χ4n) is 2.61. The van der Waals surface area contributed by atoms with Crippen LogP contribution in [0.4, 0.5) is 18.9 Å². The Labute approximate surface area is 186 Å². The number of benzene rings is 2. The summed E-state index contributed by atoms with van der Waals surface area (Å²) in [5, 5.41) is 11.2. The number of thioether (sulfide) groups is 1. The molecule has 0 aliphatic heterocycles. The van der Waals surface area contributed by atoms with Crippen LogP contribution in [0.5, 0.6) is 11.5 Å². The van der Waals surface area contributed by atoms with Crippen molar-refractivity contribution in [2.45, 2.75) is 24.9 Å². The van der Waals surface area contributed by atoms with Gasteiger partial charge in [-0.3, -0.25) is 9.36 Å². The van der Waals surface area contributed by atoms with Crippen LogP contribution < -0.4 is 14.8 Å². The number of halogens is 3. The molecule has 0 saturated heterocycles. The number of aromatic nitrogens is 3. The maximum atomic E-state index is 13.0. The number of hydrogen-bond donors (Lipinski definition) is 1. The topological polar surface area (TPSA) is 78.3 Å². The number of hydrogen-bond acceptors (Lipinski definition) is 6. The third-order valence-electron chi connectivity index (χ3n) is 4.00. The van der Waals surface area contributed by atoms with Crippen LogP contribution in [0.3, 0.4) is 0 Å². The summed E-state index contributed by atoms with van der Waals surface area (Å²) in [6.45, 7) is 1.16. The van der Waals surface area contributed by atoms with Crippen molar-refractivity contribution < 1.29 is 27.4 Å². The first-order valence-corrected chi connectivity index (χ1v) is 10.3. The first-order chi connectivity index (χ1) is 15.5. The van der Waals surface area contributed by atoms with E-state index in [-0.39, 0.29) is 29.6 Å². The molecule has 7 nitrogen and oxygen atoms in total. The minimum absolute atomic E-state index is 0.0445. The van der Waals surface area contributed by atoms with Crippen LogP contribution in [0.1, 0.15) is 5.82 Å². The van der Waals surface area contributed by atoms with E-state index in [1.54, 1.807) is 16.7 Å². The van der Waals surface area contributed by atoms with Gasteiger partial charge in [-0.05, 0) is 36.4 Å². The predicted molar refractivity (Wildman–Crippen MR) is 113 cm³/mol. The second-order valence-corrected chi connectivity index (χ2v) is 7.19. The van der Waals surface area contributed by atoms with Crippen molar-refractivity contribution in [3.05, 3.63) is 72.8 Å². The summed E-state index contributed by atoms with van der Waals surface area (Å²) in [7, 11) is 0. The number of nitrogens with one attached hydrogen (secondary N) is 1. The summed E-state index contributed by atoms with van der Waals surface area (Å²) in [5.41, 5.74) is 0.138. The van der Waals surface area contributed by atoms with Gasteiger partial charge in [-0.2, -0.15) is 8.78 Å². The monoisotopic (exact) mass is 464 g/mol. The second kappa shape index (κ2) is 11.2. The molecule has 2 aromatic carbocycles. The minimum Gasteiger partial charge on any atom is -0.486 e. The molecule has 1 aromatic heterocycles. The van der Waals surface area contributed by atoms with E-state index in [2.05, 4.69) is 26.8 Å². The molecule has 32 heavy (non-hydrogen) atoms. The zero-order chi connectivity index (χ0) is 22.9. The largest absolute Gasteiger partial charge is 0.486 e. The summed E-state index contributed by atoms with van der Waals surface area (Å²) in [6.07, 6.45) is 1.65. The Kier molecular flexibility index (Phi) is 8.14. The Bertz CT molecular complexity index is 1060. The van der Waals surface area contributed by atoms with Crippen LogP contribution >= 0.6 is 11.8 Å². The lowest BCUT2D eigenvalue weighted by Gasteiger charge is -2.12. The van der Waals surface area contributed by atoms with Gasteiger partial charge in [-0.15, -0.1) is 16.8 Å². The van der Waals surface area contributed by atoms with Gasteiger partial charge >= 0.3 is 6.61 Å². The second-order valence-electron chi connectivity index (χ2n) is 6.25. The molecule has 0 bridgehead atoms. The van der Waals surface area contributed by atoms with Crippen LogP contribution in [-0.4, -0.2) is 33.0 Å². The predicted octanol–water partition coefficient (Wildman–Crippen LogP) is 4.51. The van der Waals surface area contributed by atoms with E-state index in [0.717, 1.165) is 11.8 Å². The van der Waals surface area contributed by atoms with Gasteiger partial charge in [0, 0.05) is 6.54 Å². The van der Waals surface area contributed by atoms with Gasteiger partial charge in [0.25, 0.3) is 0 Å². The number of alkyl halides is 2. The molecular formula is C21H19F3N4O3S. The molecule has 3 rings (SSSR count). The highest BCUT2D eigenvalue weighted by Gasteiger charge is 2.16. The molecule has 1 heterocycles. The highest BCUT2D eigenvalue weighted by atomic mass is 32.2. The average Bonchev–Trinajstić information content (AvgIpc) is 3.15. The number of carbonyl (C=O) groups excluding carboxylic acids is 1. The molecule has 0 saturated carbocycles. The van der Waals surface area contributed by atoms with E-state index in [9.17, 15) is 18.0 Å². The SMILES string of the molecule is C=CCn1c(COc2ccc(F)cc2)nnc1SCC(=O)Nc1ccccc1OC(F)F. The number of rotatable bonds is 11. The van der Waals surface area contributed by atoms with E-state index in [1.807, 2.05) is 0 Å². The maximum absolute atomic E-state index is 13.0. The summed E-state index contributed by atoms with van der Waals surface area (Å²) >= 11 is 1.11. The Morgan fingerprint density at radius 3 is 2.66 bits per heavy atom. The van der Waals surface area contributed by atoms with Crippen molar-refractivity contribution in [3.8, 4) is 11.5 Å². The number of nitrogens with zero attached hydrogens (tertiary/aromatic N) is 3. The smallest absolute Gasteiger partial charge is 0.387 e. The fraction of sp³-hybridized carbons (Fsp3) is 0.190. The van der Waals surface area contributed by atoms with Crippen molar-refractivity contribution in [3.63, 3.8) is 0 Å². The lowest BCUT2D eigenvalue weighted by atomic mass is 10.3. The van der Waals surface area contributed by atoms with Crippen LogP contribution in [0.15, 0.2) is 66.3 Å². The Hall–Kier alpha value is -3.47. The number of ether oxygens (including phenoxy) is 2. The third kappa shape index (κ3) is 6.51. The van der Waals surface area contributed by atoms with E-state index in [1.165, 1.54) is 42.5 Å². The molecule has 0 radical (unpaired) electrons. The van der Waals surface area contributed by atoms with Gasteiger partial charge in [0.05, 0.1) is 11.4 Å². The summed E-state index contributed by atoms with van der Waals surface area (Å²) in [6, 6.07) is 11.5. The number of allylic oxidation sites excluding steroid dienone is 1. The van der Waals surface area contributed by atoms with Crippen molar-refractivity contribution in [1.82, 2.24) is 14.8 Å². The number of anilines is 1. The van der Waals surface area contributed by atoms with Gasteiger partial charge in [-0.1, -0.05) is 30.0 Å². The zero-order valence-electron chi connectivity index (χ0n) is 16.7. The zero-order valence-corrected chi connectivity index (χ0v) is 17.5.